The van der Waals surface area contributed by atoms with Crippen molar-refractivity contribution in [3.05, 3.63) is 81.9 Å². The first kappa shape index (κ1) is 20.7. The van der Waals surface area contributed by atoms with Gasteiger partial charge in [-0.05, 0) is 42.5 Å². The molecule has 4 rings (SSSR count). The molecule has 1 aliphatic heterocycles. The molecule has 32 heavy (non-hydrogen) atoms. The maximum absolute atomic E-state index is 12.7. The lowest BCUT2D eigenvalue weighted by atomic mass is 10.1. The summed E-state index contributed by atoms with van der Waals surface area (Å²) < 4.78 is 15.7. The second-order valence-corrected chi connectivity index (χ2v) is 6.70. The fraction of sp³-hybridized carbons (Fsp3) is 0.0909. The minimum atomic E-state index is -0.595. The number of hydrogen-bond donors (Lipinski definition) is 2. The van der Waals surface area contributed by atoms with Gasteiger partial charge >= 0.3 is 0 Å². The maximum Gasteiger partial charge on any atom is 0.270 e. The van der Waals surface area contributed by atoms with Gasteiger partial charge in [0, 0.05) is 29.1 Å². The summed E-state index contributed by atoms with van der Waals surface area (Å²) in [6.07, 6.45) is 0. The van der Waals surface area contributed by atoms with Crippen molar-refractivity contribution in [2.24, 2.45) is 0 Å². The third-order valence-electron chi connectivity index (χ3n) is 4.65. The van der Waals surface area contributed by atoms with Crippen LogP contribution in [-0.2, 0) is 0 Å². The maximum atomic E-state index is 12.7. The Morgan fingerprint density at radius 1 is 0.938 bits per heavy atom. The zero-order valence-electron chi connectivity index (χ0n) is 16.8. The Kier molecular flexibility index (Phi) is 5.58. The number of carbonyl (C=O) groups is 2. The number of hydrogen-bond acceptors (Lipinski definition) is 7. The first-order valence-corrected chi connectivity index (χ1v) is 9.39. The molecular formula is C22H17N3O7. The van der Waals surface area contributed by atoms with Gasteiger partial charge in [0.25, 0.3) is 17.5 Å². The van der Waals surface area contributed by atoms with Gasteiger partial charge in [0.1, 0.15) is 5.75 Å². The normalized spacial score (nSPS) is 11.5. The summed E-state index contributed by atoms with van der Waals surface area (Å²) in [7, 11) is 1.37. The molecule has 162 valence electrons. The van der Waals surface area contributed by atoms with E-state index in [-0.39, 0.29) is 29.7 Å². The number of fused-ring (bicyclic) bond motifs is 1. The van der Waals surface area contributed by atoms with Crippen LogP contribution in [0.25, 0.3) is 0 Å². The zero-order chi connectivity index (χ0) is 22.7. The Bertz CT molecular complexity index is 1230. The number of anilines is 2. The molecule has 2 amide bonds. The first-order valence-electron chi connectivity index (χ1n) is 9.39. The van der Waals surface area contributed by atoms with Crippen molar-refractivity contribution in [2.45, 2.75) is 0 Å². The van der Waals surface area contributed by atoms with E-state index in [1.54, 1.807) is 42.5 Å². The number of benzene rings is 3. The lowest BCUT2D eigenvalue weighted by Gasteiger charge is -2.11. The van der Waals surface area contributed by atoms with Gasteiger partial charge in [0.2, 0.25) is 6.79 Å². The molecular weight excluding hydrogens is 418 g/mol. The van der Waals surface area contributed by atoms with Gasteiger partial charge in [-0.2, -0.15) is 0 Å². The highest BCUT2D eigenvalue weighted by Crippen LogP contribution is 2.32. The lowest BCUT2D eigenvalue weighted by Crippen LogP contribution is -2.15. The molecule has 3 aromatic carbocycles. The first-order chi connectivity index (χ1) is 15.4. The predicted octanol–water partition coefficient (Wildman–Crippen LogP) is 3.84. The summed E-state index contributed by atoms with van der Waals surface area (Å²) in [5.41, 5.74) is 0.978. The smallest absolute Gasteiger partial charge is 0.270 e. The molecule has 0 bridgehead atoms. The van der Waals surface area contributed by atoms with E-state index in [1.807, 2.05) is 0 Å². The molecule has 1 aliphatic rings. The van der Waals surface area contributed by atoms with Gasteiger partial charge in [-0.25, -0.2) is 0 Å². The van der Waals surface area contributed by atoms with Crippen molar-refractivity contribution >= 4 is 28.9 Å². The van der Waals surface area contributed by atoms with E-state index in [0.29, 0.717) is 28.4 Å². The highest BCUT2D eigenvalue weighted by atomic mass is 16.7. The van der Waals surface area contributed by atoms with Crippen molar-refractivity contribution in [2.75, 3.05) is 24.5 Å². The van der Waals surface area contributed by atoms with Crippen LogP contribution in [0.2, 0.25) is 0 Å². The van der Waals surface area contributed by atoms with E-state index in [0.717, 1.165) is 6.07 Å². The zero-order valence-corrected chi connectivity index (χ0v) is 16.8. The standard InChI is InChI=1S/C22H17N3O7/c1-30-18-8-6-16(25(28)29)11-17(18)22(27)24-15-4-2-3-14(10-15)23-21(26)13-5-7-19-20(9-13)32-12-31-19/h2-11H,12H2,1H3,(H,23,26)(H,24,27). The highest BCUT2D eigenvalue weighted by molar-refractivity contribution is 6.08. The van der Waals surface area contributed by atoms with Crippen LogP contribution in [0.5, 0.6) is 17.2 Å². The van der Waals surface area contributed by atoms with Gasteiger partial charge in [-0.15, -0.1) is 0 Å². The molecule has 2 N–H and O–H groups in total. The Morgan fingerprint density at radius 3 is 2.38 bits per heavy atom. The van der Waals surface area contributed by atoms with Gasteiger partial charge in [-0.3, -0.25) is 19.7 Å². The number of nitro benzene ring substituents is 1. The number of methoxy groups -OCH3 is 1. The van der Waals surface area contributed by atoms with Gasteiger partial charge < -0.3 is 24.8 Å². The SMILES string of the molecule is COc1ccc([N+](=O)[O-])cc1C(=O)Nc1cccc(NC(=O)c2ccc3c(c2)OCO3)c1. The Hall–Kier alpha value is -4.60. The Morgan fingerprint density at radius 2 is 1.66 bits per heavy atom. The van der Waals surface area contributed by atoms with Crippen LogP contribution in [0.3, 0.4) is 0 Å². The topological polar surface area (TPSA) is 129 Å². The van der Waals surface area contributed by atoms with Gasteiger partial charge in [0.05, 0.1) is 17.6 Å². The Labute approximate surface area is 181 Å². The molecule has 0 fully saturated rings. The second kappa shape index (κ2) is 8.64. The number of amides is 2. The number of rotatable bonds is 6. The third kappa shape index (κ3) is 4.29. The molecule has 0 radical (unpaired) electrons. The number of carbonyl (C=O) groups excluding carboxylic acids is 2. The summed E-state index contributed by atoms with van der Waals surface area (Å²) in [6, 6.07) is 15.1. The number of nitrogens with zero attached hydrogens (tertiary/aromatic N) is 1. The van der Waals surface area contributed by atoms with Crippen LogP contribution in [0.4, 0.5) is 17.1 Å². The van der Waals surface area contributed by atoms with Crippen LogP contribution < -0.4 is 24.8 Å². The van der Waals surface area contributed by atoms with Gasteiger partial charge in [0.15, 0.2) is 11.5 Å². The molecule has 0 saturated carbocycles. The third-order valence-corrected chi connectivity index (χ3v) is 4.65. The van der Waals surface area contributed by atoms with Crippen LogP contribution in [0.15, 0.2) is 60.7 Å². The highest BCUT2D eigenvalue weighted by Gasteiger charge is 2.19. The molecule has 0 unspecified atom stereocenters. The largest absolute Gasteiger partial charge is 0.496 e. The van der Waals surface area contributed by atoms with E-state index >= 15 is 0 Å². The monoisotopic (exact) mass is 435 g/mol. The summed E-state index contributed by atoms with van der Waals surface area (Å²) >= 11 is 0. The molecule has 10 nitrogen and oxygen atoms in total. The second-order valence-electron chi connectivity index (χ2n) is 6.70. The van der Waals surface area contributed by atoms with Gasteiger partial charge in [-0.1, -0.05) is 6.07 Å². The van der Waals surface area contributed by atoms with E-state index in [1.165, 1.54) is 19.2 Å². The molecule has 1 heterocycles. The number of ether oxygens (including phenoxy) is 3. The van der Waals surface area contributed by atoms with Crippen LogP contribution in [0.1, 0.15) is 20.7 Å². The molecule has 0 atom stereocenters. The van der Waals surface area contributed by atoms with Crippen molar-refractivity contribution < 1.29 is 28.7 Å². The quantitative estimate of drug-likeness (QED) is 0.445. The summed E-state index contributed by atoms with van der Waals surface area (Å²) in [5, 5.41) is 16.4. The molecule has 0 spiro atoms. The fourth-order valence-electron chi connectivity index (χ4n) is 3.10. The number of nitrogens with one attached hydrogen (secondary N) is 2. The van der Waals surface area contributed by atoms with Crippen LogP contribution in [0, 0.1) is 10.1 Å². The van der Waals surface area contributed by atoms with Crippen molar-refractivity contribution in [3.63, 3.8) is 0 Å². The van der Waals surface area contributed by atoms with Crippen molar-refractivity contribution in [1.82, 2.24) is 0 Å². The fourth-order valence-corrected chi connectivity index (χ4v) is 3.10. The van der Waals surface area contributed by atoms with E-state index in [9.17, 15) is 19.7 Å². The van der Waals surface area contributed by atoms with Crippen LogP contribution in [-0.4, -0.2) is 30.6 Å². The molecule has 0 aliphatic carbocycles. The minimum Gasteiger partial charge on any atom is -0.496 e. The lowest BCUT2D eigenvalue weighted by molar-refractivity contribution is -0.384. The summed E-state index contributed by atoms with van der Waals surface area (Å²) in [4.78, 5) is 35.7. The van der Waals surface area contributed by atoms with Crippen molar-refractivity contribution in [3.8, 4) is 17.2 Å². The molecule has 0 aromatic heterocycles. The number of non-ortho nitro benzene ring substituents is 1. The summed E-state index contributed by atoms with van der Waals surface area (Å²) in [5.74, 6) is 0.296. The molecule has 3 aromatic rings. The predicted molar refractivity (Wildman–Crippen MR) is 115 cm³/mol. The average Bonchev–Trinajstić information content (AvgIpc) is 3.26. The molecule has 10 heteroatoms. The van der Waals surface area contributed by atoms with Crippen molar-refractivity contribution in [1.29, 1.82) is 0 Å². The number of nitro groups is 1. The van der Waals surface area contributed by atoms with E-state index in [4.69, 9.17) is 14.2 Å². The van der Waals surface area contributed by atoms with E-state index in [2.05, 4.69) is 10.6 Å². The average molecular weight is 435 g/mol. The minimum absolute atomic E-state index is 0.0106. The molecule has 0 saturated heterocycles. The Balaban J connectivity index is 1.50. The van der Waals surface area contributed by atoms with Crippen LogP contribution >= 0.6 is 0 Å². The van der Waals surface area contributed by atoms with E-state index < -0.39 is 10.8 Å². The summed E-state index contributed by atoms with van der Waals surface area (Å²) in [6.45, 7) is 0.109.